The van der Waals surface area contributed by atoms with Crippen LogP contribution < -0.4 is 0 Å². The summed E-state index contributed by atoms with van der Waals surface area (Å²) < 4.78 is 11.5. The van der Waals surface area contributed by atoms with E-state index in [1.54, 1.807) is 0 Å². The topological polar surface area (TPSA) is 46.8 Å². The molecule has 0 radical (unpaired) electrons. The second-order valence-corrected chi connectivity index (χ2v) is 20.3. The van der Waals surface area contributed by atoms with E-state index in [2.05, 4.69) is 189 Å². The van der Waals surface area contributed by atoms with Crippen molar-refractivity contribution < 1.29 is 4.42 Å². The van der Waals surface area contributed by atoms with Crippen LogP contribution in [0.4, 0.5) is 0 Å². The molecule has 0 bridgehead atoms. The van der Waals surface area contributed by atoms with E-state index in [-0.39, 0.29) is 21.7 Å². The summed E-state index contributed by atoms with van der Waals surface area (Å²) in [5, 5.41) is 17.7. The number of hydrogen-bond acceptors (Lipinski definition) is 2. The number of benzene rings is 6. The Hall–Kier alpha value is -5.79. The first-order chi connectivity index (χ1) is 26.8. The van der Waals surface area contributed by atoms with Gasteiger partial charge in [0.2, 0.25) is 0 Å². The van der Waals surface area contributed by atoms with Crippen molar-refractivity contribution >= 4 is 65.6 Å². The third-order valence-electron chi connectivity index (χ3n) is 12.2. The minimum absolute atomic E-state index is 0.0290. The third kappa shape index (κ3) is 5.69. The van der Waals surface area contributed by atoms with E-state index in [9.17, 15) is 5.26 Å². The van der Waals surface area contributed by atoms with Gasteiger partial charge in [0.25, 0.3) is 0 Å². The molecule has 0 fully saturated rings. The zero-order valence-corrected chi connectivity index (χ0v) is 35.6. The van der Waals surface area contributed by atoms with Crippen molar-refractivity contribution in [1.29, 1.82) is 5.26 Å². The van der Waals surface area contributed by atoms with E-state index < -0.39 is 0 Å². The fourth-order valence-electron chi connectivity index (χ4n) is 8.76. The number of hydrogen-bond donors (Lipinski definition) is 0. The molecule has 0 spiro atoms. The van der Waals surface area contributed by atoms with E-state index in [4.69, 9.17) is 4.42 Å². The SMILES string of the molecule is CC(C)(C)c1ccc2c(c1)c1cc(C(C)(C)C)ccc1n2-c1cc(C#N)c2oc3ccccc3c2c1-n1c2ccc(C(C)(C)C)cc2c2cc(C(C)(C)C)ccc21. The second kappa shape index (κ2) is 12.1. The highest BCUT2D eigenvalue weighted by atomic mass is 16.3. The van der Waals surface area contributed by atoms with Gasteiger partial charge in [-0.3, -0.25) is 0 Å². The molecule has 9 rings (SSSR count). The fraction of sp³-hybridized carbons (Fsp3) is 0.302. The summed E-state index contributed by atoms with van der Waals surface area (Å²) in [5.74, 6) is 0. The summed E-state index contributed by atoms with van der Waals surface area (Å²) in [7, 11) is 0. The molecule has 286 valence electrons. The average molecular weight is 748 g/mol. The Morgan fingerprint density at radius 2 is 0.842 bits per heavy atom. The predicted molar refractivity (Wildman–Crippen MR) is 242 cm³/mol. The van der Waals surface area contributed by atoms with Crippen molar-refractivity contribution in [3.8, 4) is 17.4 Å². The minimum Gasteiger partial charge on any atom is -0.455 e. The molecule has 9 aromatic rings. The number of furan rings is 1. The molecular weight excluding hydrogens is 695 g/mol. The molecule has 0 aliphatic heterocycles. The van der Waals surface area contributed by atoms with E-state index in [0.717, 1.165) is 49.8 Å². The Labute approximate surface area is 336 Å². The van der Waals surface area contributed by atoms with Crippen LogP contribution in [0.25, 0.3) is 76.9 Å². The molecule has 57 heavy (non-hydrogen) atoms. The van der Waals surface area contributed by atoms with Gasteiger partial charge in [0.05, 0.1) is 44.4 Å². The summed E-state index contributed by atoms with van der Waals surface area (Å²) in [5.41, 5.74) is 13.3. The van der Waals surface area contributed by atoms with Crippen LogP contribution in [-0.2, 0) is 21.7 Å². The quantitative estimate of drug-likeness (QED) is 0.177. The Balaban J connectivity index is 1.53. The zero-order valence-electron chi connectivity index (χ0n) is 35.6. The highest BCUT2D eigenvalue weighted by Crippen LogP contribution is 2.47. The molecule has 0 saturated heterocycles. The molecule has 0 aliphatic rings. The Morgan fingerprint density at radius 3 is 1.23 bits per heavy atom. The molecule has 3 heterocycles. The molecule has 0 atom stereocenters. The van der Waals surface area contributed by atoms with Crippen LogP contribution in [0.5, 0.6) is 0 Å². The van der Waals surface area contributed by atoms with Crippen LogP contribution >= 0.6 is 0 Å². The van der Waals surface area contributed by atoms with Gasteiger partial charge in [0, 0.05) is 26.9 Å². The van der Waals surface area contributed by atoms with Crippen molar-refractivity contribution in [1.82, 2.24) is 9.13 Å². The number of rotatable bonds is 2. The van der Waals surface area contributed by atoms with Gasteiger partial charge in [-0.15, -0.1) is 0 Å². The van der Waals surface area contributed by atoms with Gasteiger partial charge in [-0.2, -0.15) is 5.26 Å². The van der Waals surface area contributed by atoms with E-state index >= 15 is 0 Å². The van der Waals surface area contributed by atoms with E-state index in [0.29, 0.717) is 11.1 Å². The second-order valence-electron chi connectivity index (χ2n) is 20.3. The first-order valence-corrected chi connectivity index (χ1v) is 20.3. The molecule has 4 nitrogen and oxygen atoms in total. The number of aromatic nitrogens is 2. The van der Waals surface area contributed by atoms with Crippen molar-refractivity contribution in [3.63, 3.8) is 0 Å². The average Bonchev–Trinajstić information content (AvgIpc) is 3.80. The number of nitrogens with zero attached hydrogens (tertiary/aromatic N) is 3. The predicted octanol–water partition coefficient (Wildman–Crippen LogP) is 14.8. The molecule has 0 unspecified atom stereocenters. The third-order valence-corrected chi connectivity index (χ3v) is 12.2. The van der Waals surface area contributed by atoms with Gasteiger partial charge >= 0.3 is 0 Å². The van der Waals surface area contributed by atoms with Crippen molar-refractivity contribution in [2.75, 3.05) is 0 Å². The first-order valence-electron chi connectivity index (χ1n) is 20.3. The van der Waals surface area contributed by atoms with Crippen LogP contribution in [0, 0.1) is 11.3 Å². The zero-order chi connectivity index (χ0) is 40.6. The fourth-order valence-corrected chi connectivity index (χ4v) is 8.76. The Morgan fingerprint density at radius 1 is 0.456 bits per heavy atom. The molecule has 0 aliphatic carbocycles. The molecule has 0 amide bonds. The largest absolute Gasteiger partial charge is 0.455 e. The lowest BCUT2D eigenvalue weighted by Crippen LogP contribution is -2.11. The molecular formula is C53H53N3O. The lowest BCUT2D eigenvalue weighted by molar-refractivity contribution is 0.590. The molecule has 3 aromatic heterocycles. The summed E-state index contributed by atoms with van der Waals surface area (Å²) in [4.78, 5) is 0. The highest BCUT2D eigenvalue weighted by Gasteiger charge is 2.29. The van der Waals surface area contributed by atoms with E-state index in [1.165, 1.54) is 43.8 Å². The summed E-state index contributed by atoms with van der Waals surface area (Å²) >= 11 is 0. The number of nitriles is 1. The van der Waals surface area contributed by atoms with Gasteiger partial charge in [-0.05, 0) is 105 Å². The monoisotopic (exact) mass is 747 g/mol. The van der Waals surface area contributed by atoms with Crippen LogP contribution in [0.3, 0.4) is 0 Å². The van der Waals surface area contributed by atoms with Crippen molar-refractivity contribution in [2.45, 2.75) is 105 Å². The lowest BCUT2D eigenvalue weighted by atomic mass is 9.85. The molecule has 0 N–H and O–H groups in total. The summed E-state index contributed by atoms with van der Waals surface area (Å²) in [6.07, 6.45) is 0. The summed E-state index contributed by atoms with van der Waals surface area (Å²) in [6.45, 7) is 27.4. The standard InChI is InChI=1S/C53H53N3O/c1-50(2,3)32-17-21-41-37(26-32)38-27-33(51(4,5)6)18-22-42(38)55(41)45-25-31(30-54)49-47(36-15-13-14-16-46(36)57-49)48(45)56-43-23-19-34(52(7,8)9)28-39(43)40-29-35(53(10,11)12)20-24-44(40)56/h13-29H,1-12H3. The van der Waals surface area contributed by atoms with Crippen molar-refractivity contribution in [3.05, 3.63) is 131 Å². The van der Waals surface area contributed by atoms with Crippen LogP contribution in [0.1, 0.15) is 111 Å². The number of fused-ring (bicyclic) bond motifs is 9. The van der Waals surface area contributed by atoms with Gasteiger partial charge in [0.15, 0.2) is 5.58 Å². The highest BCUT2D eigenvalue weighted by molar-refractivity contribution is 6.18. The summed E-state index contributed by atoms with van der Waals surface area (Å²) in [6, 6.07) is 40.8. The van der Waals surface area contributed by atoms with Gasteiger partial charge in [-0.1, -0.05) is 126 Å². The maximum atomic E-state index is 10.9. The first kappa shape index (κ1) is 36.8. The number of para-hydroxylation sites is 1. The smallest absolute Gasteiger partial charge is 0.155 e. The maximum Gasteiger partial charge on any atom is 0.155 e. The van der Waals surface area contributed by atoms with Crippen LogP contribution in [0.15, 0.2) is 108 Å². The van der Waals surface area contributed by atoms with Crippen LogP contribution in [0.2, 0.25) is 0 Å². The molecule has 0 saturated carbocycles. The van der Waals surface area contributed by atoms with Crippen molar-refractivity contribution in [2.24, 2.45) is 0 Å². The normalized spacial score (nSPS) is 13.2. The maximum absolute atomic E-state index is 10.9. The van der Waals surface area contributed by atoms with E-state index in [1.807, 2.05) is 12.1 Å². The van der Waals surface area contributed by atoms with Gasteiger partial charge in [0.1, 0.15) is 11.7 Å². The Kier molecular flexibility index (Phi) is 7.82. The van der Waals surface area contributed by atoms with Crippen LogP contribution in [-0.4, -0.2) is 9.13 Å². The van der Waals surface area contributed by atoms with Gasteiger partial charge < -0.3 is 13.6 Å². The lowest BCUT2D eigenvalue weighted by Gasteiger charge is -2.21. The molecule has 6 aromatic carbocycles. The van der Waals surface area contributed by atoms with Gasteiger partial charge in [-0.25, -0.2) is 0 Å². The minimum atomic E-state index is -0.0291. The Bertz CT molecular complexity index is 3020. The molecule has 4 heteroatoms.